The molecule has 0 bridgehead atoms. The first-order valence-corrected chi connectivity index (χ1v) is 7.05. The van der Waals surface area contributed by atoms with E-state index in [4.69, 9.17) is 16.3 Å². The van der Waals surface area contributed by atoms with E-state index in [2.05, 4.69) is 5.10 Å². The normalized spacial score (nSPS) is 15.9. The van der Waals surface area contributed by atoms with E-state index < -0.39 is 0 Å². The molecule has 100 valence electrons. The van der Waals surface area contributed by atoms with Crippen LogP contribution >= 0.6 is 11.6 Å². The van der Waals surface area contributed by atoms with Crippen molar-refractivity contribution in [2.24, 2.45) is 0 Å². The highest BCUT2D eigenvalue weighted by Gasteiger charge is 2.21. The van der Waals surface area contributed by atoms with Gasteiger partial charge in [0.05, 0.1) is 18.5 Å². The highest BCUT2D eigenvalue weighted by atomic mass is 35.5. The highest BCUT2D eigenvalue weighted by Crippen LogP contribution is 2.34. The molecule has 0 N–H and O–H groups in total. The number of ether oxygens (including phenoxy) is 1. The topological polar surface area (TPSA) is 27.1 Å². The Kier molecular flexibility index (Phi) is 3.47. The van der Waals surface area contributed by atoms with Gasteiger partial charge in [-0.2, -0.15) is 5.10 Å². The zero-order chi connectivity index (χ0) is 13.2. The summed E-state index contributed by atoms with van der Waals surface area (Å²) in [6.45, 7) is 0. The van der Waals surface area contributed by atoms with Crippen LogP contribution in [0.4, 0.5) is 0 Å². The summed E-state index contributed by atoms with van der Waals surface area (Å²) in [6, 6.07) is 9.78. The van der Waals surface area contributed by atoms with Crippen molar-refractivity contribution in [2.75, 3.05) is 7.11 Å². The Bertz CT molecular complexity index is 556. The van der Waals surface area contributed by atoms with Crippen LogP contribution in [0.1, 0.15) is 37.3 Å². The molecular formula is C15H17ClN2O. The maximum atomic E-state index is 6.30. The Hall–Kier alpha value is -1.48. The fourth-order valence-electron chi connectivity index (χ4n) is 2.70. The highest BCUT2D eigenvalue weighted by molar-refractivity contribution is 6.29. The average molecular weight is 277 g/mol. The predicted molar refractivity (Wildman–Crippen MR) is 76.3 cm³/mol. The van der Waals surface area contributed by atoms with Gasteiger partial charge in [-0.25, -0.2) is 4.68 Å². The monoisotopic (exact) mass is 276 g/mol. The van der Waals surface area contributed by atoms with Crippen molar-refractivity contribution in [1.82, 2.24) is 9.78 Å². The van der Waals surface area contributed by atoms with E-state index in [9.17, 15) is 0 Å². The standard InChI is InChI=1S/C15H17ClN2O/c1-19-13-8-6-12(7-9-13)18-15(16)10-14(17-18)11-4-2-3-5-11/h6-11H,2-5H2,1H3. The fraction of sp³-hybridized carbons (Fsp3) is 0.400. The lowest BCUT2D eigenvalue weighted by Gasteiger charge is -2.06. The Morgan fingerprint density at radius 3 is 2.53 bits per heavy atom. The smallest absolute Gasteiger partial charge is 0.133 e. The van der Waals surface area contributed by atoms with Crippen molar-refractivity contribution in [3.8, 4) is 11.4 Å². The van der Waals surface area contributed by atoms with Gasteiger partial charge < -0.3 is 4.74 Å². The van der Waals surface area contributed by atoms with Crippen LogP contribution < -0.4 is 4.74 Å². The van der Waals surface area contributed by atoms with E-state index in [0.717, 1.165) is 17.1 Å². The van der Waals surface area contributed by atoms with Crippen LogP contribution in [0.3, 0.4) is 0 Å². The van der Waals surface area contributed by atoms with Gasteiger partial charge in [-0.1, -0.05) is 24.4 Å². The molecule has 0 amide bonds. The number of hydrogen-bond donors (Lipinski definition) is 0. The first kappa shape index (κ1) is 12.5. The van der Waals surface area contributed by atoms with Crippen LogP contribution in [0.5, 0.6) is 5.75 Å². The second kappa shape index (κ2) is 5.25. The van der Waals surface area contributed by atoms with Gasteiger partial charge in [0.1, 0.15) is 10.9 Å². The van der Waals surface area contributed by atoms with E-state index >= 15 is 0 Å². The summed E-state index contributed by atoms with van der Waals surface area (Å²) < 4.78 is 6.96. The summed E-state index contributed by atoms with van der Waals surface area (Å²) in [6.07, 6.45) is 5.07. The predicted octanol–water partition coefficient (Wildman–Crippen LogP) is 4.19. The summed E-state index contributed by atoms with van der Waals surface area (Å²) in [4.78, 5) is 0. The molecule has 0 aliphatic heterocycles. The van der Waals surface area contributed by atoms with Gasteiger partial charge in [0.2, 0.25) is 0 Å². The molecule has 1 fully saturated rings. The Labute approximate surface area is 118 Å². The number of benzene rings is 1. The van der Waals surface area contributed by atoms with Crippen LogP contribution in [-0.4, -0.2) is 16.9 Å². The second-order valence-corrected chi connectivity index (χ2v) is 5.37. The summed E-state index contributed by atoms with van der Waals surface area (Å²) in [5.41, 5.74) is 2.09. The van der Waals surface area contributed by atoms with Crippen LogP contribution in [0, 0.1) is 0 Å². The molecule has 0 atom stereocenters. The third kappa shape index (κ3) is 2.47. The number of rotatable bonds is 3. The molecule has 1 aromatic carbocycles. The van der Waals surface area contributed by atoms with E-state index in [1.807, 2.05) is 30.3 Å². The van der Waals surface area contributed by atoms with Crippen molar-refractivity contribution < 1.29 is 4.74 Å². The first-order valence-electron chi connectivity index (χ1n) is 6.68. The van der Waals surface area contributed by atoms with Crippen molar-refractivity contribution in [1.29, 1.82) is 0 Å². The molecule has 1 saturated carbocycles. The third-order valence-corrected chi connectivity index (χ3v) is 4.04. The molecular weight excluding hydrogens is 260 g/mol. The quantitative estimate of drug-likeness (QED) is 0.840. The largest absolute Gasteiger partial charge is 0.497 e. The molecule has 19 heavy (non-hydrogen) atoms. The number of nitrogens with zero attached hydrogens (tertiary/aromatic N) is 2. The van der Waals surface area contributed by atoms with Gasteiger partial charge in [0, 0.05) is 5.92 Å². The number of halogens is 1. The summed E-state index contributed by atoms with van der Waals surface area (Å²) in [5.74, 6) is 1.42. The first-order chi connectivity index (χ1) is 9.28. The lowest BCUT2D eigenvalue weighted by atomic mass is 10.1. The third-order valence-electron chi connectivity index (χ3n) is 3.78. The lowest BCUT2D eigenvalue weighted by molar-refractivity contribution is 0.414. The molecule has 0 radical (unpaired) electrons. The molecule has 1 aliphatic rings. The van der Waals surface area contributed by atoms with E-state index in [1.165, 1.54) is 25.7 Å². The maximum Gasteiger partial charge on any atom is 0.133 e. The minimum atomic E-state index is 0.581. The molecule has 0 unspecified atom stereocenters. The molecule has 1 heterocycles. The Morgan fingerprint density at radius 2 is 1.89 bits per heavy atom. The number of aromatic nitrogens is 2. The van der Waals surface area contributed by atoms with Gasteiger partial charge in [-0.15, -0.1) is 0 Å². The van der Waals surface area contributed by atoms with Crippen LogP contribution in [0.15, 0.2) is 30.3 Å². The van der Waals surface area contributed by atoms with Crippen molar-refractivity contribution >= 4 is 11.6 Å². The van der Waals surface area contributed by atoms with Crippen LogP contribution in [0.25, 0.3) is 5.69 Å². The maximum absolute atomic E-state index is 6.30. The Morgan fingerprint density at radius 1 is 1.21 bits per heavy atom. The van der Waals surface area contributed by atoms with Gasteiger partial charge in [-0.3, -0.25) is 0 Å². The summed E-state index contributed by atoms with van der Waals surface area (Å²) >= 11 is 6.30. The summed E-state index contributed by atoms with van der Waals surface area (Å²) in [7, 11) is 1.66. The number of methoxy groups -OCH3 is 1. The van der Waals surface area contributed by atoms with E-state index in [0.29, 0.717) is 11.1 Å². The molecule has 3 nitrogen and oxygen atoms in total. The van der Waals surface area contributed by atoms with Crippen molar-refractivity contribution in [3.63, 3.8) is 0 Å². The minimum Gasteiger partial charge on any atom is -0.497 e. The van der Waals surface area contributed by atoms with E-state index in [-0.39, 0.29) is 0 Å². The molecule has 2 aromatic rings. The second-order valence-electron chi connectivity index (χ2n) is 4.98. The molecule has 3 rings (SSSR count). The Balaban J connectivity index is 1.90. The van der Waals surface area contributed by atoms with E-state index in [1.54, 1.807) is 11.8 Å². The average Bonchev–Trinajstić information content (AvgIpc) is 3.08. The minimum absolute atomic E-state index is 0.581. The molecule has 1 aromatic heterocycles. The van der Waals surface area contributed by atoms with Gasteiger partial charge >= 0.3 is 0 Å². The summed E-state index contributed by atoms with van der Waals surface area (Å²) in [5, 5.41) is 5.33. The molecule has 0 spiro atoms. The van der Waals surface area contributed by atoms with Crippen molar-refractivity contribution in [3.05, 3.63) is 41.2 Å². The van der Waals surface area contributed by atoms with Crippen LogP contribution in [0.2, 0.25) is 5.15 Å². The molecule has 0 saturated heterocycles. The number of hydrogen-bond acceptors (Lipinski definition) is 2. The zero-order valence-electron chi connectivity index (χ0n) is 11.0. The fourth-order valence-corrected chi connectivity index (χ4v) is 2.95. The van der Waals surface area contributed by atoms with Gasteiger partial charge in [0.25, 0.3) is 0 Å². The molecule has 4 heteroatoms. The lowest BCUT2D eigenvalue weighted by Crippen LogP contribution is -1.99. The zero-order valence-corrected chi connectivity index (χ0v) is 11.7. The van der Waals surface area contributed by atoms with Gasteiger partial charge in [0.15, 0.2) is 0 Å². The van der Waals surface area contributed by atoms with Crippen LogP contribution in [-0.2, 0) is 0 Å². The SMILES string of the molecule is COc1ccc(-n2nc(C3CCCC3)cc2Cl)cc1. The van der Waals surface area contributed by atoms with Gasteiger partial charge in [-0.05, 0) is 43.2 Å². The van der Waals surface area contributed by atoms with Crippen molar-refractivity contribution in [2.45, 2.75) is 31.6 Å². The molecule has 1 aliphatic carbocycles.